The third kappa shape index (κ3) is 3.65. The van der Waals surface area contributed by atoms with E-state index in [0.29, 0.717) is 70.0 Å². The van der Waals surface area contributed by atoms with Crippen molar-refractivity contribution in [3.8, 4) is 17.0 Å². The summed E-state index contributed by atoms with van der Waals surface area (Å²) in [6, 6.07) is 6.72. The molecule has 11 heteroatoms. The minimum absolute atomic E-state index is 0.0661. The first kappa shape index (κ1) is 22.4. The number of methoxy groups -OCH3 is 1. The van der Waals surface area contributed by atoms with Crippen LogP contribution in [0.4, 0.5) is 22.9 Å². The van der Waals surface area contributed by atoms with Gasteiger partial charge >= 0.3 is 0 Å². The molecule has 2 atom stereocenters. The molecule has 36 heavy (non-hydrogen) atoms. The quantitative estimate of drug-likeness (QED) is 0.395. The number of fused-ring (bicyclic) bond motifs is 3. The highest BCUT2D eigenvalue weighted by molar-refractivity contribution is 6.32. The number of pyridine rings is 1. The zero-order chi connectivity index (χ0) is 24.8. The molecule has 0 aliphatic carbocycles. The summed E-state index contributed by atoms with van der Waals surface area (Å²) in [6.45, 7) is 0.465. The van der Waals surface area contributed by atoms with E-state index in [-0.39, 0.29) is 17.9 Å². The molecular formula is C25H24ClN7O3. The molecule has 0 saturated heterocycles. The fourth-order valence-electron chi connectivity index (χ4n) is 4.92. The molecule has 6 rings (SSSR count). The van der Waals surface area contributed by atoms with Gasteiger partial charge in [-0.05, 0) is 37.5 Å². The third-order valence-corrected chi connectivity index (χ3v) is 6.98. The predicted molar refractivity (Wildman–Crippen MR) is 137 cm³/mol. The van der Waals surface area contributed by atoms with Crippen LogP contribution in [0.5, 0.6) is 5.75 Å². The van der Waals surface area contributed by atoms with Gasteiger partial charge in [-0.2, -0.15) is 5.10 Å². The van der Waals surface area contributed by atoms with Gasteiger partial charge in [-0.15, -0.1) is 0 Å². The summed E-state index contributed by atoms with van der Waals surface area (Å²) >= 11 is 6.38. The van der Waals surface area contributed by atoms with Gasteiger partial charge in [0, 0.05) is 18.3 Å². The number of nitrogens with one attached hydrogen (secondary N) is 4. The summed E-state index contributed by atoms with van der Waals surface area (Å²) < 4.78 is 7.33. The van der Waals surface area contributed by atoms with Crippen molar-refractivity contribution in [2.45, 2.75) is 31.3 Å². The first-order valence-electron chi connectivity index (χ1n) is 11.8. The lowest BCUT2D eigenvalue weighted by Crippen LogP contribution is -2.39. The van der Waals surface area contributed by atoms with Crippen LogP contribution in [0.15, 0.2) is 42.6 Å². The first-order chi connectivity index (χ1) is 17.5. The average molecular weight is 506 g/mol. The Hall–Kier alpha value is -4.05. The van der Waals surface area contributed by atoms with Gasteiger partial charge in [-0.1, -0.05) is 29.8 Å². The fourth-order valence-corrected chi connectivity index (χ4v) is 5.17. The second-order valence-corrected chi connectivity index (χ2v) is 9.29. The molecule has 4 bridgehead atoms. The standard InChI is InChI=1S/C25H24ClN7O3/c1-36-22-15(26)7-5-9-16(22)29-20-18-14-10-11-27-23-19(14)30-17(24(34)31-23)8-4-2-3-6-13-12-28-25(35)21(20)33(13)32-18/h2-3,5,7,9-11,13,17,29-30H,4,6,8,12H2,1H3,(H,28,35)(H,27,31,34)/b3-2-/t13?,17-/m1/s1. The Kier molecular flexibility index (Phi) is 5.52. The van der Waals surface area contributed by atoms with Crippen molar-refractivity contribution < 1.29 is 14.3 Å². The van der Waals surface area contributed by atoms with E-state index in [0.717, 1.165) is 6.42 Å². The zero-order valence-electron chi connectivity index (χ0n) is 19.5. The van der Waals surface area contributed by atoms with E-state index >= 15 is 0 Å². The molecule has 3 aliphatic rings. The number of nitrogens with zero attached hydrogens (tertiary/aromatic N) is 3. The number of rotatable bonds is 3. The van der Waals surface area contributed by atoms with Crippen molar-refractivity contribution in [1.82, 2.24) is 20.1 Å². The number of halogens is 1. The van der Waals surface area contributed by atoms with Crippen molar-refractivity contribution in [2.24, 2.45) is 0 Å². The lowest BCUT2D eigenvalue weighted by Gasteiger charge is -2.27. The molecule has 1 aromatic carbocycles. The summed E-state index contributed by atoms with van der Waals surface area (Å²) in [5, 5.41) is 18.1. The number of ether oxygens (including phenoxy) is 1. The van der Waals surface area contributed by atoms with Crippen LogP contribution in [-0.2, 0) is 4.79 Å². The second-order valence-electron chi connectivity index (χ2n) is 8.88. The number of hydrogen-bond acceptors (Lipinski definition) is 7. The van der Waals surface area contributed by atoms with Crippen LogP contribution in [0.1, 0.15) is 35.8 Å². The molecule has 1 unspecified atom stereocenters. The average Bonchev–Trinajstić information content (AvgIpc) is 3.25. The van der Waals surface area contributed by atoms with E-state index in [1.165, 1.54) is 0 Å². The van der Waals surface area contributed by atoms with Gasteiger partial charge in [0.25, 0.3) is 5.91 Å². The number of allylic oxidation sites excluding steroid dienone is 2. The van der Waals surface area contributed by atoms with Crippen LogP contribution in [0.25, 0.3) is 11.3 Å². The summed E-state index contributed by atoms with van der Waals surface area (Å²) in [5.41, 5.74) is 3.46. The highest BCUT2D eigenvalue weighted by Crippen LogP contribution is 2.44. The minimum Gasteiger partial charge on any atom is -0.493 e. The normalized spacial score (nSPS) is 21.1. The molecule has 5 heterocycles. The zero-order valence-corrected chi connectivity index (χ0v) is 20.2. The lowest BCUT2D eigenvalue weighted by molar-refractivity contribution is -0.117. The predicted octanol–water partition coefficient (Wildman–Crippen LogP) is 4.11. The third-order valence-electron chi connectivity index (χ3n) is 6.68. The number of carbonyl (C=O) groups excluding carboxylic acids is 2. The summed E-state index contributed by atoms with van der Waals surface area (Å²) in [5.74, 6) is 0.531. The lowest BCUT2D eigenvalue weighted by atomic mass is 10.0. The summed E-state index contributed by atoms with van der Waals surface area (Å²) in [7, 11) is 1.54. The van der Waals surface area contributed by atoms with Crippen molar-refractivity contribution in [3.63, 3.8) is 0 Å². The van der Waals surface area contributed by atoms with Gasteiger partial charge < -0.3 is 26.0 Å². The summed E-state index contributed by atoms with van der Waals surface area (Å²) in [6.07, 6.45) is 7.84. The van der Waals surface area contributed by atoms with E-state index in [1.54, 1.807) is 30.1 Å². The molecule has 3 aliphatic heterocycles. The van der Waals surface area contributed by atoms with Crippen LogP contribution < -0.4 is 26.0 Å². The van der Waals surface area contributed by atoms with Crippen LogP contribution in [0, 0.1) is 0 Å². The molecule has 4 N–H and O–H groups in total. The molecule has 10 nitrogen and oxygen atoms in total. The van der Waals surface area contributed by atoms with Crippen molar-refractivity contribution in [1.29, 1.82) is 0 Å². The second kappa shape index (κ2) is 8.87. The molecule has 0 radical (unpaired) electrons. The van der Waals surface area contributed by atoms with E-state index in [1.807, 2.05) is 12.1 Å². The Morgan fingerprint density at radius 2 is 2.11 bits per heavy atom. The van der Waals surface area contributed by atoms with Crippen LogP contribution >= 0.6 is 11.6 Å². The largest absolute Gasteiger partial charge is 0.493 e. The molecule has 184 valence electrons. The number of carbonyl (C=O) groups is 2. The molecule has 0 spiro atoms. The highest BCUT2D eigenvalue weighted by atomic mass is 35.5. The number of para-hydroxylation sites is 1. The molecular weight excluding hydrogens is 482 g/mol. The van der Waals surface area contributed by atoms with Gasteiger partial charge in [0.1, 0.15) is 11.7 Å². The van der Waals surface area contributed by atoms with Gasteiger partial charge in [-0.25, -0.2) is 4.98 Å². The minimum atomic E-state index is -0.413. The van der Waals surface area contributed by atoms with Crippen LogP contribution in [0.3, 0.4) is 0 Å². The van der Waals surface area contributed by atoms with E-state index < -0.39 is 6.04 Å². The van der Waals surface area contributed by atoms with Crippen molar-refractivity contribution >= 4 is 46.3 Å². The Morgan fingerprint density at radius 1 is 1.22 bits per heavy atom. The van der Waals surface area contributed by atoms with Crippen LogP contribution in [0.2, 0.25) is 5.02 Å². The smallest absolute Gasteiger partial charge is 0.271 e. The van der Waals surface area contributed by atoms with E-state index in [4.69, 9.17) is 21.4 Å². The van der Waals surface area contributed by atoms with Crippen molar-refractivity contribution in [3.05, 3.63) is 53.3 Å². The molecule has 2 amide bonds. The maximum Gasteiger partial charge on any atom is 0.271 e. The maximum absolute atomic E-state index is 13.2. The monoisotopic (exact) mass is 505 g/mol. The van der Waals surface area contributed by atoms with Gasteiger partial charge in [0.15, 0.2) is 17.3 Å². The number of aromatic nitrogens is 3. The Balaban J connectivity index is 1.60. The van der Waals surface area contributed by atoms with Gasteiger partial charge in [0.2, 0.25) is 5.91 Å². The number of amides is 2. The Bertz CT molecular complexity index is 1420. The highest BCUT2D eigenvalue weighted by Gasteiger charge is 2.35. The Morgan fingerprint density at radius 3 is 2.97 bits per heavy atom. The first-order valence-corrected chi connectivity index (χ1v) is 12.1. The maximum atomic E-state index is 13.2. The number of benzene rings is 1. The fraction of sp³-hybridized carbons (Fsp3) is 0.280. The van der Waals surface area contributed by atoms with Gasteiger partial charge in [0.05, 0.1) is 35.2 Å². The number of anilines is 4. The molecule has 0 saturated carbocycles. The summed E-state index contributed by atoms with van der Waals surface area (Å²) in [4.78, 5) is 30.3. The van der Waals surface area contributed by atoms with Crippen LogP contribution in [-0.4, -0.2) is 46.3 Å². The van der Waals surface area contributed by atoms with E-state index in [2.05, 4.69) is 38.4 Å². The van der Waals surface area contributed by atoms with E-state index in [9.17, 15) is 9.59 Å². The van der Waals surface area contributed by atoms with Gasteiger partial charge in [-0.3, -0.25) is 14.3 Å². The van der Waals surface area contributed by atoms with Crippen molar-refractivity contribution in [2.75, 3.05) is 29.6 Å². The topological polar surface area (TPSA) is 122 Å². The molecule has 3 aromatic rings. The SMILES string of the molecule is COc1c(Cl)cccc1Nc1c2nn3c1C(=O)NCC3C/C=C\CC[C@H]1Nc3c-2ccnc3NC1=O. The molecule has 2 aromatic heterocycles. The Labute approximate surface area is 212 Å². The number of hydrogen-bond donors (Lipinski definition) is 4. The molecule has 0 fully saturated rings.